The highest BCUT2D eigenvalue weighted by atomic mass is 16.6. The quantitative estimate of drug-likeness (QED) is 0.511. The Bertz CT molecular complexity index is 661. The van der Waals surface area contributed by atoms with Gasteiger partial charge < -0.3 is 19.7 Å². The van der Waals surface area contributed by atoms with Gasteiger partial charge in [-0.05, 0) is 39.0 Å². The summed E-state index contributed by atoms with van der Waals surface area (Å²) in [5.74, 6) is -1.92. The van der Waals surface area contributed by atoms with E-state index in [2.05, 4.69) is 0 Å². The lowest BCUT2D eigenvalue weighted by Crippen LogP contribution is -2.54. The second-order valence-electron chi connectivity index (χ2n) is 9.38. The van der Waals surface area contributed by atoms with Crippen LogP contribution in [0.5, 0.6) is 0 Å². The number of carbonyl (C=O) groups excluding carboxylic acids is 3. The van der Waals surface area contributed by atoms with Crippen molar-refractivity contribution < 1.29 is 34.1 Å². The topological polar surface area (TPSA) is 113 Å². The van der Waals surface area contributed by atoms with Gasteiger partial charge in [0.05, 0.1) is 35.7 Å². The van der Waals surface area contributed by atoms with Crippen molar-refractivity contribution >= 4 is 17.5 Å². The lowest BCUT2D eigenvalue weighted by atomic mass is 9.60. The number of cyclic esters (lactones) is 1. The monoisotopic (exact) mass is 396 g/mol. The van der Waals surface area contributed by atoms with Crippen molar-refractivity contribution in [3.05, 3.63) is 0 Å². The number of hydrogen-bond acceptors (Lipinski definition) is 7. The van der Waals surface area contributed by atoms with E-state index in [1.807, 2.05) is 6.92 Å². The standard InChI is InChI=1S/C21H32O7/c1-11-18(25)13-6-5-7-21(4)16(28-21)8-14(12(2)22)27-17(24)9-15(23)20(3,10-13)19(11)26/h11,13-16,18,23,25H,5-10H2,1-4H3/t11-,13-,14+,15+,16+,18-,20-,21-/m1/s1. The first kappa shape index (κ1) is 21.4. The summed E-state index contributed by atoms with van der Waals surface area (Å²) in [6.45, 7) is 6.70. The summed E-state index contributed by atoms with van der Waals surface area (Å²) in [7, 11) is 0. The van der Waals surface area contributed by atoms with E-state index in [4.69, 9.17) is 9.47 Å². The molecule has 0 aromatic heterocycles. The van der Waals surface area contributed by atoms with Crippen LogP contribution in [0.15, 0.2) is 0 Å². The van der Waals surface area contributed by atoms with Gasteiger partial charge in [0.1, 0.15) is 5.78 Å². The Morgan fingerprint density at radius 3 is 2.54 bits per heavy atom. The zero-order valence-corrected chi connectivity index (χ0v) is 17.1. The maximum Gasteiger partial charge on any atom is 0.309 e. The van der Waals surface area contributed by atoms with E-state index in [1.165, 1.54) is 6.92 Å². The number of fused-ring (bicyclic) bond motifs is 3. The van der Waals surface area contributed by atoms with Gasteiger partial charge in [-0.15, -0.1) is 0 Å². The minimum absolute atomic E-state index is 0.128. The molecule has 0 amide bonds. The number of carbonyl (C=O) groups is 3. The van der Waals surface area contributed by atoms with Crippen LogP contribution >= 0.6 is 0 Å². The Labute approximate surface area is 165 Å². The van der Waals surface area contributed by atoms with Crippen molar-refractivity contribution in [3.63, 3.8) is 0 Å². The van der Waals surface area contributed by atoms with Gasteiger partial charge in [0, 0.05) is 12.3 Å². The number of Topliss-reactive ketones (excluding diaryl/α,β-unsaturated/α-hetero) is 2. The molecular formula is C21H32O7. The molecule has 0 unspecified atom stereocenters. The van der Waals surface area contributed by atoms with Gasteiger partial charge in [0.25, 0.3) is 0 Å². The molecule has 158 valence electrons. The Balaban J connectivity index is 1.85. The number of epoxide rings is 1. The van der Waals surface area contributed by atoms with E-state index < -0.39 is 35.6 Å². The molecule has 0 radical (unpaired) electrons. The summed E-state index contributed by atoms with van der Waals surface area (Å²) in [6.07, 6.45) is -0.468. The SMILES string of the molecule is CC(=O)[C@@H]1C[C@@H]2O[C@]2(C)CCC[C@@H]2C[C@@](C)(C(=O)[C@H](C)[C@H]2O)[C@@H](O)CC(=O)O1. The molecule has 2 bridgehead atoms. The number of aliphatic hydroxyl groups is 2. The Morgan fingerprint density at radius 1 is 1.21 bits per heavy atom. The van der Waals surface area contributed by atoms with E-state index >= 15 is 0 Å². The van der Waals surface area contributed by atoms with Crippen LogP contribution in [0.4, 0.5) is 0 Å². The molecule has 0 aromatic carbocycles. The highest BCUT2D eigenvalue weighted by molar-refractivity contribution is 5.89. The normalized spacial score (nSPS) is 47.5. The average Bonchev–Trinajstić information content (AvgIpc) is 3.25. The molecule has 3 rings (SSSR count). The predicted octanol–water partition coefficient (Wildman–Crippen LogP) is 1.56. The summed E-state index contributed by atoms with van der Waals surface area (Å²) in [6, 6.07) is 0. The molecule has 2 aliphatic heterocycles. The van der Waals surface area contributed by atoms with Crippen LogP contribution in [-0.2, 0) is 23.9 Å². The van der Waals surface area contributed by atoms with Crippen LogP contribution in [0.3, 0.4) is 0 Å². The van der Waals surface area contributed by atoms with Gasteiger partial charge in [-0.25, -0.2) is 0 Å². The van der Waals surface area contributed by atoms with Crippen LogP contribution in [0.1, 0.15) is 66.2 Å². The molecular weight excluding hydrogens is 364 g/mol. The molecule has 3 fully saturated rings. The second kappa shape index (κ2) is 7.50. The molecule has 8 atom stereocenters. The fraction of sp³-hybridized carbons (Fsp3) is 0.857. The number of ether oxygens (including phenoxy) is 2. The molecule has 3 aliphatic rings. The van der Waals surface area contributed by atoms with E-state index in [0.717, 1.165) is 12.8 Å². The number of esters is 1. The van der Waals surface area contributed by atoms with Crippen molar-refractivity contribution in [2.24, 2.45) is 17.3 Å². The van der Waals surface area contributed by atoms with Crippen molar-refractivity contribution in [2.45, 2.75) is 96.2 Å². The molecule has 2 N–H and O–H groups in total. The fourth-order valence-electron chi connectivity index (χ4n) is 5.03. The van der Waals surface area contributed by atoms with Crippen molar-refractivity contribution in [3.8, 4) is 0 Å². The largest absolute Gasteiger partial charge is 0.454 e. The summed E-state index contributed by atoms with van der Waals surface area (Å²) in [5, 5.41) is 21.3. The lowest BCUT2D eigenvalue weighted by Gasteiger charge is -2.45. The van der Waals surface area contributed by atoms with Crippen LogP contribution in [0, 0.1) is 17.3 Å². The zero-order valence-electron chi connectivity index (χ0n) is 17.1. The highest BCUT2D eigenvalue weighted by Crippen LogP contribution is 2.47. The minimum atomic E-state index is -1.22. The van der Waals surface area contributed by atoms with Gasteiger partial charge in [0.15, 0.2) is 11.9 Å². The Morgan fingerprint density at radius 2 is 1.89 bits per heavy atom. The summed E-state index contributed by atoms with van der Waals surface area (Å²) < 4.78 is 11.1. The third kappa shape index (κ3) is 3.89. The van der Waals surface area contributed by atoms with E-state index in [0.29, 0.717) is 19.3 Å². The predicted molar refractivity (Wildman–Crippen MR) is 99.3 cm³/mol. The molecule has 1 aliphatic carbocycles. The van der Waals surface area contributed by atoms with E-state index in [1.54, 1.807) is 13.8 Å². The Kier molecular flexibility index (Phi) is 5.73. The van der Waals surface area contributed by atoms with Gasteiger partial charge in [-0.1, -0.05) is 20.3 Å². The molecule has 1 saturated carbocycles. The molecule has 0 spiro atoms. The molecule has 7 nitrogen and oxygen atoms in total. The molecule has 2 saturated heterocycles. The molecule has 28 heavy (non-hydrogen) atoms. The van der Waals surface area contributed by atoms with Crippen LogP contribution < -0.4 is 0 Å². The minimum Gasteiger partial charge on any atom is -0.454 e. The van der Waals surface area contributed by atoms with Crippen molar-refractivity contribution in [1.82, 2.24) is 0 Å². The number of aliphatic hydroxyl groups excluding tert-OH is 2. The van der Waals surface area contributed by atoms with Gasteiger partial charge in [0.2, 0.25) is 0 Å². The van der Waals surface area contributed by atoms with Crippen molar-refractivity contribution in [2.75, 3.05) is 0 Å². The Hall–Kier alpha value is -1.31. The summed E-state index contributed by atoms with van der Waals surface area (Å²) in [4.78, 5) is 37.2. The second-order valence-corrected chi connectivity index (χ2v) is 9.38. The first-order chi connectivity index (χ1) is 13.0. The first-order valence-electron chi connectivity index (χ1n) is 10.3. The van der Waals surface area contributed by atoms with Gasteiger partial charge >= 0.3 is 5.97 Å². The highest BCUT2D eigenvalue weighted by Gasteiger charge is 2.55. The first-order valence-corrected chi connectivity index (χ1v) is 10.3. The van der Waals surface area contributed by atoms with Crippen LogP contribution in [0.2, 0.25) is 0 Å². The smallest absolute Gasteiger partial charge is 0.309 e. The summed E-state index contributed by atoms with van der Waals surface area (Å²) >= 11 is 0. The number of hydrogen-bond donors (Lipinski definition) is 2. The van der Waals surface area contributed by atoms with Crippen molar-refractivity contribution in [1.29, 1.82) is 0 Å². The van der Waals surface area contributed by atoms with Crippen LogP contribution in [0.25, 0.3) is 0 Å². The maximum atomic E-state index is 12.9. The maximum absolute atomic E-state index is 12.9. The number of ketones is 2. The lowest BCUT2D eigenvalue weighted by molar-refractivity contribution is -0.164. The van der Waals surface area contributed by atoms with E-state index in [9.17, 15) is 24.6 Å². The number of rotatable bonds is 1. The zero-order chi connectivity index (χ0) is 20.9. The van der Waals surface area contributed by atoms with Gasteiger partial charge in [-0.3, -0.25) is 14.4 Å². The molecule has 0 aromatic rings. The van der Waals surface area contributed by atoms with E-state index in [-0.39, 0.29) is 35.6 Å². The third-order valence-electron chi connectivity index (χ3n) is 7.19. The van der Waals surface area contributed by atoms with Gasteiger partial charge in [-0.2, -0.15) is 0 Å². The molecule has 7 heteroatoms. The molecule has 2 heterocycles. The third-order valence-corrected chi connectivity index (χ3v) is 7.19. The average molecular weight is 396 g/mol. The summed E-state index contributed by atoms with van der Waals surface area (Å²) in [5.41, 5.74) is -1.48. The van der Waals surface area contributed by atoms with Crippen LogP contribution in [-0.4, -0.2) is 57.8 Å². The fourth-order valence-corrected chi connectivity index (χ4v) is 5.03.